The quantitative estimate of drug-likeness (QED) is 0.828. The summed E-state index contributed by atoms with van der Waals surface area (Å²) < 4.78 is 5.14. The molecule has 5 nitrogen and oxygen atoms in total. The van der Waals surface area contributed by atoms with E-state index in [0.29, 0.717) is 0 Å². The Bertz CT molecular complexity index is 498. The van der Waals surface area contributed by atoms with E-state index in [2.05, 4.69) is 5.32 Å². The molecule has 0 aromatic heterocycles. The number of amides is 2. The lowest BCUT2D eigenvalue weighted by Crippen LogP contribution is -2.39. The van der Waals surface area contributed by atoms with Crippen LogP contribution in [0.25, 0.3) is 0 Å². The Morgan fingerprint density at radius 3 is 2.45 bits per heavy atom. The van der Waals surface area contributed by atoms with Crippen molar-refractivity contribution in [2.75, 3.05) is 14.2 Å². The van der Waals surface area contributed by atoms with Crippen molar-refractivity contribution in [1.82, 2.24) is 10.2 Å². The fourth-order valence-electron chi connectivity index (χ4n) is 2.41. The Hall–Kier alpha value is -1.88. The van der Waals surface area contributed by atoms with Gasteiger partial charge in [0, 0.05) is 13.1 Å². The monoisotopic (exact) mass is 276 g/mol. The fraction of sp³-hybridized carbons (Fsp3) is 0.467. The van der Waals surface area contributed by atoms with Gasteiger partial charge in [-0.3, -0.25) is 19.8 Å². The van der Waals surface area contributed by atoms with Crippen LogP contribution in [-0.4, -0.2) is 36.9 Å². The molecule has 1 aromatic rings. The SMILES string of the molecule is CCC(NC1CC(=O)N(C)C1=O)c1ccc(OC)cc1. The van der Waals surface area contributed by atoms with Gasteiger partial charge in [0.25, 0.3) is 0 Å². The normalized spacial score (nSPS) is 20.4. The van der Waals surface area contributed by atoms with Gasteiger partial charge in [0.15, 0.2) is 0 Å². The molecular formula is C15H20N2O3. The van der Waals surface area contributed by atoms with E-state index in [4.69, 9.17) is 4.74 Å². The third kappa shape index (κ3) is 2.82. The van der Waals surface area contributed by atoms with Crippen molar-refractivity contribution >= 4 is 11.8 Å². The zero-order valence-corrected chi connectivity index (χ0v) is 12.1. The van der Waals surface area contributed by atoms with Gasteiger partial charge in [-0.25, -0.2) is 0 Å². The highest BCUT2D eigenvalue weighted by Gasteiger charge is 2.36. The maximum Gasteiger partial charge on any atom is 0.246 e. The Kier molecular flexibility index (Phi) is 4.39. The minimum atomic E-state index is -0.417. The highest BCUT2D eigenvalue weighted by Crippen LogP contribution is 2.22. The summed E-state index contributed by atoms with van der Waals surface area (Å²) in [4.78, 5) is 24.6. The minimum Gasteiger partial charge on any atom is -0.497 e. The van der Waals surface area contributed by atoms with Gasteiger partial charge in [-0.15, -0.1) is 0 Å². The Morgan fingerprint density at radius 1 is 1.35 bits per heavy atom. The molecule has 0 saturated carbocycles. The van der Waals surface area contributed by atoms with E-state index >= 15 is 0 Å². The lowest BCUT2D eigenvalue weighted by Gasteiger charge is -2.21. The van der Waals surface area contributed by atoms with Crippen LogP contribution in [-0.2, 0) is 9.59 Å². The van der Waals surface area contributed by atoms with Gasteiger partial charge in [0.05, 0.1) is 19.6 Å². The second kappa shape index (κ2) is 6.05. The summed E-state index contributed by atoms with van der Waals surface area (Å²) in [5.74, 6) is 0.523. The third-order valence-electron chi connectivity index (χ3n) is 3.71. The van der Waals surface area contributed by atoms with Crippen molar-refractivity contribution in [3.63, 3.8) is 0 Å². The average molecular weight is 276 g/mol. The van der Waals surface area contributed by atoms with Crippen LogP contribution in [0.2, 0.25) is 0 Å². The smallest absolute Gasteiger partial charge is 0.246 e. The lowest BCUT2D eigenvalue weighted by atomic mass is 10.0. The van der Waals surface area contributed by atoms with Crippen LogP contribution in [0.4, 0.5) is 0 Å². The third-order valence-corrected chi connectivity index (χ3v) is 3.71. The summed E-state index contributed by atoms with van der Waals surface area (Å²) in [6.07, 6.45) is 1.08. The largest absolute Gasteiger partial charge is 0.497 e. The molecule has 1 aliphatic rings. The molecule has 2 atom stereocenters. The van der Waals surface area contributed by atoms with Crippen LogP contribution >= 0.6 is 0 Å². The van der Waals surface area contributed by atoms with E-state index in [1.807, 2.05) is 31.2 Å². The molecule has 108 valence electrons. The van der Waals surface area contributed by atoms with Crippen molar-refractivity contribution in [2.24, 2.45) is 0 Å². The van der Waals surface area contributed by atoms with Crippen LogP contribution < -0.4 is 10.1 Å². The van der Waals surface area contributed by atoms with E-state index in [1.54, 1.807) is 7.11 Å². The zero-order valence-electron chi connectivity index (χ0n) is 12.1. The van der Waals surface area contributed by atoms with Gasteiger partial charge in [0.1, 0.15) is 5.75 Å². The van der Waals surface area contributed by atoms with E-state index in [-0.39, 0.29) is 24.3 Å². The predicted octanol–water partition coefficient (Wildman–Crippen LogP) is 1.49. The number of methoxy groups -OCH3 is 1. The van der Waals surface area contributed by atoms with Crippen molar-refractivity contribution in [2.45, 2.75) is 31.8 Å². The van der Waals surface area contributed by atoms with Crippen LogP contribution in [0.3, 0.4) is 0 Å². The molecule has 0 bridgehead atoms. The molecular weight excluding hydrogens is 256 g/mol. The molecule has 20 heavy (non-hydrogen) atoms. The summed E-state index contributed by atoms with van der Waals surface area (Å²) in [6.45, 7) is 2.05. The van der Waals surface area contributed by atoms with Gasteiger partial charge < -0.3 is 4.74 Å². The number of hydrogen-bond donors (Lipinski definition) is 1. The molecule has 5 heteroatoms. The van der Waals surface area contributed by atoms with Crippen molar-refractivity contribution < 1.29 is 14.3 Å². The number of nitrogens with zero attached hydrogens (tertiary/aromatic N) is 1. The second-order valence-corrected chi connectivity index (χ2v) is 4.95. The number of imide groups is 1. The van der Waals surface area contributed by atoms with Gasteiger partial charge in [-0.2, -0.15) is 0 Å². The molecule has 1 N–H and O–H groups in total. The van der Waals surface area contributed by atoms with Crippen LogP contribution in [0.15, 0.2) is 24.3 Å². The van der Waals surface area contributed by atoms with E-state index < -0.39 is 6.04 Å². The Morgan fingerprint density at radius 2 is 2.00 bits per heavy atom. The standard InChI is InChI=1S/C15H20N2O3/c1-4-12(10-5-7-11(20-3)8-6-10)16-13-9-14(18)17(2)15(13)19/h5-8,12-13,16H,4,9H2,1-3H3. The van der Waals surface area contributed by atoms with Crippen molar-refractivity contribution in [3.05, 3.63) is 29.8 Å². The van der Waals surface area contributed by atoms with Crippen LogP contribution in [0.5, 0.6) is 5.75 Å². The lowest BCUT2D eigenvalue weighted by molar-refractivity contribution is -0.137. The van der Waals surface area contributed by atoms with Gasteiger partial charge in [-0.1, -0.05) is 19.1 Å². The first-order chi connectivity index (χ1) is 9.56. The van der Waals surface area contributed by atoms with Gasteiger partial charge in [-0.05, 0) is 24.1 Å². The molecule has 0 radical (unpaired) electrons. The first-order valence-corrected chi connectivity index (χ1v) is 6.77. The molecule has 2 rings (SSSR count). The number of rotatable bonds is 5. The number of carbonyl (C=O) groups is 2. The van der Waals surface area contributed by atoms with Gasteiger partial charge in [0.2, 0.25) is 11.8 Å². The molecule has 0 spiro atoms. The maximum atomic E-state index is 11.9. The predicted molar refractivity (Wildman–Crippen MR) is 75.3 cm³/mol. The number of benzene rings is 1. The molecule has 1 saturated heterocycles. The molecule has 1 aliphatic heterocycles. The molecule has 0 aliphatic carbocycles. The number of hydrogen-bond acceptors (Lipinski definition) is 4. The first kappa shape index (κ1) is 14.5. The number of likely N-dealkylation sites (N-methyl/N-ethyl adjacent to an activating group) is 1. The highest BCUT2D eigenvalue weighted by atomic mass is 16.5. The minimum absolute atomic E-state index is 0.0501. The average Bonchev–Trinajstić information content (AvgIpc) is 2.72. The molecule has 2 amide bonds. The van der Waals surface area contributed by atoms with Gasteiger partial charge >= 0.3 is 0 Å². The van der Waals surface area contributed by atoms with Crippen molar-refractivity contribution in [3.8, 4) is 5.75 Å². The molecule has 1 heterocycles. The zero-order chi connectivity index (χ0) is 14.7. The summed E-state index contributed by atoms with van der Waals surface area (Å²) in [5, 5.41) is 3.28. The topological polar surface area (TPSA) is 58.6 Å². The summed E-state index contributed by atoms with van der Waals surface area (Å²) >= 11 is 0. The molecule has 1 fully saturated rings. The number of ether oxygens (including phenoxy) is 1. The maximum absolute atomic E-state index is 11.9. The fourth-order valence-corrected chi connectivity index (χ4v) is 2.41. The molecule has 2 unspecified atom stereocenters. The molecule has 1 aromatic carbocycles. The number of likely N-dealkylation sites (tertiary alicyclic amines) is 1. The number of carbonyl (C=O) groups excluding carboxylic acids is 2. The second-order valence-electron chi connectivity index (χ2n) is 4.95. The Labute approximate surface area is 118 Å². The summed E-state index contributed by atoms with van der Waals surface area (Å²) in [7, 11) is 3.16. The van der Waals surface area contributed by atoms with Crippen molar-refractivity contribution in [1.29, 1.82) is 0 Å². The van der Waals surface area contributed by atoms with E-state index in [0.717, 1.165) is 17.7 Å². The van der Waals surface area contributed by atoms with Crippen LogP contribution in [0, 0.1) is 0 Å². The van der Waals surface area contributed by atoms with E-state index in [9.17, 15) is 9.59 Å². The summed E-state index contributed by atoms with van der Waals surface area (Å²) in [6, 6.07) is 7.38. The summed E-state index contributed by atoms with van der Waals surface area (Å²) in [5.41, 5.74) is 1.09. The number of nitrogens with one attached hydrogen (secondary N) is 1. The van der Waals surface area contributed by atoms with E-state index in [1.165, 1.54) is 11.9 Å². The first-order valence-electron chi connectivity index (χ1n) is 6.77. The Balaban J connectivity index is 2.09. The highest BCUT2D eigenvalue weighted by molar-refractivity contribution is 6.05. The van der Waals surface area contributed by atoms with Crippen LogP contribution in [0.1, 0.15) is 31.4 Å².